The summed E-state index contributed by atoms with van der Waals surface area (Å²) in [5.41, 5.74) is 3.77. The van der Waals surface area contributed by atoms with Crippen LogP contribution in [0, 0.1) is 0 Å². The van der Waals surface area contributed by atoms with Crippen molar-refractivity contribution < 1.29 is 14.6 Å². The molecule has 1 aliphatic carbocycles. The maximum atomic E-state index is 11.5. The predicted molar refractivity (Wildman–Crippen MR) is 80.0 cm³/mol. The number of aromatic carboxylic acids is 1. The third-order valence-corrected chi connectivity index (χ3v) is 4.19. The molecule has 0 spiro atoms. The molecule has 21 heavy (non-hydrogen) atoms. The van der Waals surface area contributed by atoms with Crippen molar-refractivity contribution in [2.75, 3.05) is 31.7 Å². The first-order valence-corrected chi connectivity index (χ1v) is 7.37. The second kappa shape index (κ2) is 5.85. The number of carboxylic acid groups (broad SMARTS) is 1. The lowest BCUT2D eigenvalue weighted by Crippen LogP contribution is -2.31. The first kappa shape index (κ1) is 14.1. The number of aryl methyl sites for hydroxylation is 2. The van der Waals surface area contributed by atoms with E-state index in [0.29, 0.717) is 24.5 Å². The van der Waals surface area contributed by atoms with Gasteiger partial charge in [-0.25, -0.2) is 9.78 Å². The predicted octanol–water partition coefficient (Wildman–Crippen LogP) is 2.05. The van der Waals surface area contributed by atoms with Gasteiger partial charge in [0.2, 0.25) is 0 Å². The van der Waals surface area contributed by atoms with Gasteiger partial charge in [-0.1, -0.05) is 6.08 Å². The Hall–Kier alpha value is -1.88. The molecule has 1 aliphatic heterocycles. The fourth-order valence-corrected chi connectivity index (χ4v) is 3.08. The molecule has 0 atom stereocenters. The van der Waals surface area contributed by atoms with Crippen LogP contribution in [0.15, 0.2) is 17.7 Å². The van der Waals surface area contributed by atoms with E-state index in [2.05, 4.69) is 16.0 Å². The van der Waals surface area contributed by atoms with E-state index in [-0.39, 0.29) is 0 Å². The number of aromatic nitrogens is 1. The number of carboxylic acids is 1. The number of methoxy groups -OCH3 is 1. The van der Waals surface area contributed by atoms with Crippen LogP contribution >= 0.6 is 0 Å². The van der Waals surface area contributed by atoms with Crippen LogP contribution in [0.2, 0.25) is 0 Å². The van der Waals surface area contributed by atoms with Crippen molar-refractivity contribution >= 4 is 11.8 Å². The van der Waals surface area contributed by atoms with Gasteiger partial charge in [-0.2, -0.15) is 0 Å². The van der Waals surface area contributed by atoms with Gasteiger partial charge < -0.3 is 14.7 Å². The second-order valence-electron chi connectivity index (χ2n) is 5.62. The number of nitrogens with zero attached hydrogens (tertiary/aromatic N) is 2. The molecule has 0 radical (unpaired) electrons. The van der Waals surface area contributed by atoms with E-state index in [1.165, 1.54) is 5.57 Å². The van der Waals surface area contributed by atoms with E-state index in [1.807, 2.05) is 6.07 Å². The number of hydrogen-bond acceptors (Lipinski definition) is 4. The highest BCUT2D eigenvalue weighted by molar-refractivity contribution is 5.93. The summed E-state index contributed by atoms with van der Waals surface area (Å²) in [4.78, 5) is 18.2. The number of pyridine rings is 1. The molecule has 2 heterocycles. The van der Waals surface area contributed by atoms with Crippen LogP contribution in [0.5, 0.6) is 0 Å². The molecule has 112 valence electrons. The monoisotopic (exact) mass is 288 g/mol. The Balaban J connectivity index is 1.90. The van der Waals surface area contributed by atoms with Gasteiger partial charge in [-0.3, -0.25) is 0 Å². The Labute approximate surface area is 124 Å². The smallest absolute Gasteiger partial charge is 0.339 e. The summed E-state index contributed by atoms with van der Waals surface area (Å²) in [7, 11) is 1.69. The van der Waals surface area contributed by atoms with Crippen LogP contribution in [0.25, 0.3) is 0 Å². The van der Waals surface area contributed by atoms with Crippen LogP contribution in [0.1, 0.15) is 34.5 Å². The summed E-state index contributed by atoms with van der Waals surface area (Å²) in [6.45, 7) is 2.14. The number of anilines is 1. The average Bonchev–Trinajstić information content (AvgIpc) is 2.94. The maximum absolute atomic E-state index is 11.5. The number of hydrogen-bond donors (Lipinski definition) is 1. The largest absolute Gasteiger partial charge is 0.478 e. The number of fused-ring (bicyclic) bond motifs is 1. The summed E-state index contributed by atoms with van der Waals surface area (Å²) in [5, 5.41) is 9.46. The lowest BCUT2D eigenvalue weighted by atomic mass is 10.1. The normalized spacial score (nSPS) is 17.6. The molecule has 1 N–H and O–H groups in total. The molecule has 2 aliphatic rings. The first-order chi connectivity index (χ1) is 10.2. The summed E-state index contributed by atoms with van der Waals surface area (Å²) >= 11 is 0. The van der Waals surface area contributed by atoms with Crippen LogP contribution in [0.3, 0.4) is 0 Å². The lowest BCUT2D eigenvalue weighted by Gasteiger charge is -2.28. The van der Waals surface area contributed by atoms with Crippen LogP contribution in [-0.4, -0.2) is 42.9 Å². The highest BCUT2D eigenvalue weighted by Crippen LogP contribution is 2.29. The van der Waals surface area contributed by atoms with Gasteiger partial charge in [0.25, 0.3) is 0 Å². The highest BCUT2D eigenvalue weighted by Gasteiger charge is 2.24. The van der Waals surface area contributed by atoms with Crippen molar-refractivity contribution in [3.05, 3.63) is 34.5 Å². The SMILES string of the molecule is COCC1=CCN(c2nc3c(cc2C(=O)O)CCC3)CC1. The Bertz CT molecular complexity index is 595. The van der Waals surface area contributed by atoms with Crippen molar-refractivity contribution in [2.45, 2.75) is 25.7 Å². The van der Waals surface area contributed by atoms with Gasteiger partial charge in [-0.05, 0) is 42.9 Å². The molecule has 0 saturated heterocycles. The minimum Gasteiger partial charge on any atom is -0.478 e. The van der Waals surface area contributed by atoms with Crippen LogP contribution in [-0.2, 0) is 17.6 Å². The molecule has 3 rings (SSSR count). The minimum absolute atomic E-state index is 0.333. The average molecular weight is 288 g/mol. The van der Waals surface area contributed by atoms with Crippen LogP contribution in [0.4, 0.5) is 5.82 Å². The molecule has 5 heteroatoms. The van der Waals surface area contributed by atoms with Crippen molar-refractivity contribution in [1.82, 2.24) is 4.98 Å². The van der Waals surface area contributed by atoms with Crippen LogP contribution < -0.4 is 4.90 Å². The summed E-state index contributed by atoms with van der Waals surface area (Å²) in [6.07, 6.45) is 5.99. The topological polar surface area (TPSA) is 62.7 Å². The summed E-state index contributed by atoms with van der Waals surface area (Å²) in [6, 6.07) is 1.82. The van der Waals surface area contributed by atoms with Gasteiger partial charge in [0.15, 0.2) is 0 Å². The van der Waals surface area contributed by atoms with E-state index in [1.54, 1.807) is 7.11 Å². The summed E-state index contributed by atoms with van der Waals surface area (Å²) in [5.74, 6) is -0.269. The zero-order valence-corrected chi connectivity index (χ0v) is 12.3. The van der Waals surface area contributed by atoms with Gasteiger partial charge in [0.05, 0.1) is 6.61 Å². The van der Waals surface area contributed by atoms with Crippen molar-refractivity contribution in [2.24, 2.45) is 0 Å². The Morgan fingerprint density at radius 2 is 2.29 bits per heavy atom. The van der Waals surface area contributed by atoms with Gasteiger partial charge >= 0.3 is 5.97 Å². The second-order valence-corrected chi connectivity index (χ2v) is 5.62. The molecule has 0 amide bonds. The standard InChI is InChI=1S/C16H20N2O3/c1-21-10-11-5-7-18(8-6-11)15-13(16(19)20)9-12-3-2-4-14(12)17-15/h5,9H,2-4,6-8,10H2,1H3,(H,19,20). The molecule has 1 aromatic heterocycles. The number of rotatable bonds is 4. The third-order valence-electron chi connectivity index (χ3n) is 4.19. The van der Waals surface area contributed by atoms with Crippen molar-refractivity contribution in [3.63, 3.8) is 0 Å². The molecule has 5 nitrogen and oxygen atoms in total. The molecule has 0 unspecified atom stereocenters. The van der Waals surface area contributed by atoms with E-state index >= 15 is 0 Å². The third kappa shape index (κ3) is 2.78. The van der Waals surface area contributed by atoms with Crippen molar-refractivity contribution in [1.29, 1.82) is 0 Å². The molecule has 0 saturated carbocycles. The van der Waals surface area contributed by atoms with E-state index in [9.17, 15) is 9.90 Å². The minimum atomic E-state index is -0.890. The fraction of sp³-hybridized carbons (Fsp3) is 0.500. The Morgan fingerprint density at radius 3 is 2.95 bits per heavy atom. The molecule has 0 fully saturated rings. The van der Waals surface area contributed by atoms with Gasteiger partial charge in [-0.15, -0.1) is 0 Å². The molecule has 0 aromatic carbocycles. The van der Waals surface area contributed by atoms with E-state index < -0.39 is 5.97 Å². The zero-order chi connectivity index (χ0) is 14.8. The maximum Gasteiger partial charge on any atom is 0.339 e. The molecular weight excluding hydrogens is 268 g/mol. The molecule has 0 bridgehead atoms. The number of carbonyl (C=O) groups is 1. The quantitative estimate of drug-likeness (QED) is 0.859. The Kier molecular flexibility index (Phi) is 3.92. The summed E-state index contributed by atoms with van der Waals surface area (Å²) < 4.78 is 5.15. The number of ether oxygens (including phenoxy) is 1. The van der Waals surface area contributed by atoms with E-state index in [0.717, 1.165) is 43.5 Å². The fourth-order valence-electron chi connectivity index (χ4n) is 3.08. The van der Waals surface area contributed by atoms with Gasteiger partial charge in [0.1, 0.15) is 11.4 Å². The first-order valence-electron chi connectivity index (χ1n) is 7.37. The zero-order valence-electron chi connectivity index (χ0n) is 12.3. The van der Waals surface area contributed by atoms with Gasteiger partial charge in [0, 0.05) is 25.9 Å². The van der Waals surface area contributed by atoms with Crippen molar-refractivity contribution in [3.8, 4) is 0 Å². The lowest BCUT2D eigenvalue weighted by molar-refractivity contribution is 0.0697. The Morgan fingerprint density at radius 1 is 1.43 bits per heavy atom. The molecular formula is C16H20N2O3. The molecule has 1 aromatic rings. The highest BCUT2D eigenvalue weighted by atomic mass is 16.5. The van der Waals surface area contributed by atoms with E-state index in [4.69, 9.17) is 4.74 Å².